The smallest absolute Gasteiger partial charge is 0.355 e. The van der Waals surface area contributed by atoms with E-state index in [1.165, 1.54) is 12.1 Å². The van der Waals surface area contributed by atoms with E-state index in [4.69, 9.17) is 4.74 Å². The number of nitrogens with zero attached hydrogens (tertiary/aromatic N) is 2. The summed E-state index contributed by atoms with van der Waals surface area (Å²) in [5.41, 5.74) is 3.45. The highest BCUT2D eigenvalue weighted by molar-refractivity contribution is 5.96. The second kappa shape index (κ2) is 9.09. The molecular weight excluding hydrogens is 409 g/mol. The Morgan fingerprint density at radius 1 is 1.00 bits per heavy atom. The van der Waals surface area contributed by atoms with Crippen molar-refractivity contribution < 1.29 is 18.7 Å². The van der Waals surface area contributed by atoms with Crippen LogP contribution in [0, 0.1) is 5.82 Å². The van der Waals surface area contributed by atoms with Gasteiger partial charge in [0, 0.05) is 18.4 Å². The third kappa shape index (κ3) is 4.56. The van der Waals surface area contributed by atoms with Crippen molar-refractivity contribution in [2.24, 2.45) is 0 Å². The van der Waals surface area contributed by atoms with Crippen LogP contribution >= 0.6 is 0 Å². The van der Waals surface area contributed by atoms with Gasteiger partial charge >= 0.3 is 5.97 Å². The van der Waals surface area contributed by atoms with Crippen molar-refractivity contribution in [1.82, 2.24) is 14.5 Å². The molecule has 0 saturated heterocycles. The van der Waals surface area contributed by atoms with Crippen molar-refractivity contribution in [1.29, 1.82) is 0 Å². The Hall–Kier alpha value is -3.87. The predicted molar refractivity (Wildman–Crippen MR) is 120 cm³/mol. The van der Waals surface area contributed by atoms with E-state index in [9.17, 15) is 14.0 Å². The van der Waals surface area contributed by atoms with E-state index in [0.29, 0.717) is 12.1 Å². The quantitative estimate of drug-likeness (QED) is 0.438. The van der Waals surface area contributed by atoms with Crippen LogP contribution < -0.4 is 5.32 Å². The number of amides is 1. The number of halogens is 1. The summed E-state index contributed by atoms with van der Waals surface area (Å²) in [5, 5.41) is 2.89. The van der Waals surface area contributed by atoms with Crippen LogP contribution in [0.4, 0.5) is 4.39 Å². The molecule has 0 saturated carbocycles. The Balaban J connectivity index is 1.66. The van der Waals surface area contributed by atoms with Gasteiger partial charge in [0.05, 0.1) is 17.1 Å². The van der Waals surface area contributed by atoms with Gasteiger partial charge in [-0.1, -0.05) is 30.3 Å². The maximum atomic E-state index is 13.4. The van der Waals surface area contributed by atoms with Crippen LogP contribution in [0.25, 0.3) is 16.7 Å². The van der Waals surface area contributed by atoms with Gasteiger partial charge in [0.1, 0.15) is 18.1 Å². The summed E-state index contributed by atoms with van der Waals surface area (Å²) in [6.07, 6.45) is 1.53. The number of nitrogens with one attached hydrogen (secondary N) is 1. The van der Waals surface area contributed by atoms with Gasteiger partial charge in [0.15, 0.2) is 0 Å². The number of esters is 1. The van der Waals surface area contributed by atoms with E-state index in [-0.39, 0.29) is 30.1 Å². The van der Waals surface area contributed by atoms with Gasteiger partial charge in [-0.2, -0.15) is 0 Å². The zero-order chi connectivity index (χ0) is 22.7. The Bertz CT molecular complexity index is 1240. The van der Waals surface area contributed by atoms with Crippen molar-refractivity contribution >= 4 is 22.9 Å². The first-order chi connectivity index (χ1) is 15.4. The lowest BCUT2D eigenvalue weighted by Gasteiger charge is -2.12. The van der Waals surface area contributed by atoms with Crippen LogP contribution in [-0.4, -0.2) is 27.1 Å². The van der Waals surface area contributed by atoms with Gasteiger partial charge in [-0.25, -0.2) is 9.18 Å². The first kappa shape index (κ1) is 21.4. The minimum Gasteiger partial charge on any atom is -0.458 e. The predicted octanol–water partition coefficient (Wildman–Crippen LogP) is 4.45. The van der Waals surface area contributed by atoms with Gasteiger partial charge in [-0.15, -0.1) is 0 Å². The molecule has 0 unspecified atom stereocenters. The van der Waals surface area contributed by atoms with Crippen molar-refractivity contribution in [3.05, 3.63) is 90.0 Å². The fraction of sp³-hybridized carbons (Fsp3) is 0.200. The first-order valence-corrected chi connectivity index (χ1v) is 10.4. The van der Waals surface area contributed by atoms with Crippen molar-refractivity contribution in [2.45, 2.75) is 33.0 Å². The average Bonchev–Trinajstić information content (AvgIpc) is 3.33. The van der Waals surface area contributed by atoms with Crippen molar-refractivity contribution in [3.8, 4) is 5.69 Å². The number of rotatable bonds is 7. The Labute approximate surface area is 185 Å². The Kier molecular flexibility index (Phi) is 6.07. The lowest BCUT2D eigenvalue weighted by atomic mass is 10.2. The van der Waals surface area contributed by atoms with Crippen LogP contribution in [-0.2, 0) is 22.6 Å². The summed E-state index contributed by atoms with van der Waals surface area (Å²) in [7, 11) is 0. The summed E-state index contributed by atoms with van der Waals surface area (Å²) in [6.45, 7) is 3.91. The lowest BCUT2D eigenvalue weighted by Crippen LogP contribution is -2.28. The van der Waals surface area contributed by atoms with E-state index in [1.807, 2.05) is 47.2 Å². The normalized spacial score (nSPS) is 11.1. The third-order valence-corrected chi connectivity index (χ3v) is 5.05. The Morgan fingerprint density at radius 3 is 2.41 bits per heavy atom. The van der Waals surface area contributed by atoms with E-state index in [1.54, 1.807) is 36.6 Å². The third-order valence-electron chi connectivity index (χ3n) is 5.05. The number of carbonyl (C=O) groups excluding carboxylic acids is 2. The molecule has 0 aliphatic heterocycles. The van der Waals surface area contributed by atoms with Gasteiger partial charge in [0.25, 0.3) is 0 Å². The van der Waals surface area contributed by atoms with Crippen LogP contribution in [0.5, 0.6) is 0 Å². The summed E-state index contributed by atoms with van der Waals surface area (Å²) >= 11 is 0. The van der Waals surface area contributed by atoms with E-state index < -0.39 is 5.97 Å². The number of benzene rings is 2. The fourth-order valence-electron chi connectivity index (χ4n) is 3.58. The zero-order valence-electron chi connectivity index (χ0n) is 17.9. The maximum absolute atomic E-state index is 13.4. The maximum Gasteiger partial charge on any atom is 0.355 e. The largest absolute Gasteiger partial charge is 0.458 e. The number of hydrogen-bond acceptors (Lipinski definition) is 3. The standard InChI is InChI=1S/C25H24FN3O3/c1-17(2)32-25(31)23-14-22-21(12-13-28(22)20-10-8-19(26)9-11-20)29(23)16-24(30)27-15-18-6-4-3-5-7-18/h3-14,17H,15-16H2,1-2H3,(H,27,30). The summed E-state index contributed by atoms with van der Waals surface area (Å²) in [5.74, 6) is -1.05. The molecule has 32 heavy (non-hydrogen) atoms. The first-order valence-electron chi connectivity index (χ1n) is 10.4. The van der Waals surface area contributed by atoms with Crippen LogP contribution in [0.2, 0.25) is 0 Å². The number of carbonyl (C=O) groups is 2. The molecule has 0 spiro atoms. The highest BCUT2D eigenvalue weighted by Gasteiger charge is 2.22. The Morgan fingerprint density at radius 2 is 1.72 bits per heavy atom. The second-order valence-electron chi connectivity index (χ2n) is 7.76. The average molecular weight is 433 g/mol. The van der Waals surface area contributed by atoms with Gasteiger partial charge in [-0.3, -0.25) is 4.79 Å². The lowest BCUT2D eigenvalue weighted by molar-refractivity contribution is -0.121. The SMILES string of the molecule is CC(C)OC(=O)c1cc2c(ccn2-c2ccc(F)cc2)n1CC(=O)NCc1ccccc1. The van der Waals surface area contributed by atoms with Gasteiger partial charge in [0.2, 0.25) is 5.91 Å². The minimum atomic E-state index is -0.502. The molecule has 0 atom stereocenters. The molecule has 0 aliphatic rings. The number of fused-ring (bicyclic) bond motifs is 1. The zero-order valence-corrected chi connectivity index (χ0v) is 17.9. The van der Waals surface area contributed by atoms with E-state index in [0.717, 1.165) is 16.8 Å². The number of hydrogen-bond donors (Lipinski definition) is 1. The van der Waals surface area contributed by atoms with Crippen LogP contribution in [0.3, 0.4) is 0 Å². The molecule has 4 aromatic rings. The molecule has 2 heterocycles. The second-order valence-corrected chi connectivity index (χ2v) is 7.76. The topological polar surface area (TPSA) is 65.3 Å². The molecule has 0 radical (unpaired) electrons. The van der Waals surface area contributed by atoms with Crippen LogP contribution in [0.15, 0.2) is 72.9 Å². The van der Waals surface area contributed by atoms with E-state index in [2.05, 4.69) is 5.32 Å². The highest BCUT2D eigenvalue weighted by Crippen LogP contribution is 2.26. The highest BCUT2D eigenvalue weighted by atomic mass is 19.1. The molecule has 2 aromatic heterocycles. The number of aromatic nitrogens is 2. The van der Waals surface area contributed by atoms with Gasteiger partial charge < -0.3 is 19.2 Å². The molecule has 0 bridgehead atoms. The molecule has 4 rings (SSSR count). The molecule has 6 nitrogen and oxygen atoms in total. The summed E-state index contributed by atoms with van der Waals surface area (Å²) < 4.78 is 22.3. The summed E-state index contributed by atoms with van der Waals surface area (Å²) in [6, 6.07) is 19.2. The fourth-order valence-corrected chi connectivity index (χ4v) is 3.58. The molecule has 1 N–H and O–H groups in total. The van der Waals surface area contributed by atoms with E-state index >= 15 is 0 Å². The van der Waals surface area contributed by atoms with Gasteiger partial charge in [-0.05, 0) is 55.8 Å². The molecule has 164 valence electrons. The molecule has 7 heteroatoms. The molecular formula is C25H24FN3O3. The van der Waals surface area contributed by atoms with Crippen molar-refractivity contribution in [2.75, 3.05) is 0 Å². The van der Waals surface area contributed by atoms with Crippen molar-refractivity contribution in [3.63, 3.8) is 0 Å². The molecule has 0 aliphatic carbocycles. The van der Waals surface area contributed by atoms with Crippen LogP contribution in [0.1, 0.15) is 29.9 Å². The summed E-state index contributed by atoms with van der Waals surface area (Å²) in [4.78, 5) is 25.5. The molecule has 0 fully saturated rings. The monoisotopic (exact) mass is 433 g/mol. The molecule has 2 aromatic carbocycles. The minimum absolute atomic E-state index is 0.0354. The number of ether oxygens (including phenoxy) is 1. The molecule has 1 amide bonds.